The van der Waals surface area contributed by atoms with E-state index in [0.29, 0.717) is 0 Å². The van der Waals surface area contributed by atoms with Gasteiger partial charge in [0.2, 0.25) is 0 Å². The molecule has 1 aliphatic carbocycles. The summed E-state index contributed by atoms with van der Waals surface area (Å²) in [6.45, 7) is 0. The van der Waals surface area contributed by atoms with E-state index in [2.05, 4.69) is 48.6 Å². The third-order valence-electron chi connectivity index (χ3n) is 3.15. The first kappa shape index (κ1) is 19.4. The molecule has 24 heavy (non-hydrogen) atoms. The zero-order valence-electron chi connectivity index (χ0n) is 14.4. The lowest BCUT2D eigenvalue weighted by molar-refractivity contribution is 0.762. The molecule has 0 N–H and O–H groups in total. The second-order valence-corrected chi connectivity index (χ2v) is 5.22. The minimum atomic E-state index is 1.14. The third-order valence-corrected chi connectivity index (χ3v) is 3.15. The molecule has 0 fully saturated rings. The second-order valence-electron chi connectivity index (χ2n) is 5.22. The van der Waals surface area contributed by atoms with Crippen molar-refractivity contribution in [3.05, 3.63) is 122 Å². The minimum absolute atomic E-state index is 1.14. The van der Waals surface area contributed by atoms with Crippen LogP contribution in [0.15, 0.2) is 122 Å². The van der Waals surface area contributed by atoms with Crippen LogP contribution in [0.25, 0.3) is 0 Å². The van der Waals surface area contributed by atoms with Crippen molar-refractivity contribution in [1.29, 1.82) is 0 Å². The summed E-state index contributed by atoms with van der Waals surface area (Å²) in [5, 5.41) is 0. The third kappa shape index (κ3) is 14.3. The Morgan fingerprint density at radius 2 is 0.458 bits per heavy atom. The quantitative estimate of drug-likeness (QED) is 0.446. The van der Waals surface area contributed by atoms with Gasteiger partial charge in [-0.05, 0) is 25.7 Å². The van der Waals surface area contributed by atoms with E-state index in [9.17, 15) is 0 Å². The van der Waals surface area contributed by atoms with Crippen molar-refractivity contribution in [2.24, 2.45) is 0 Å². The molecule has 0 amide bonds. The molecule has 0 spiro atoms. The van der Waals surface area contributed by atoms with E-state index in [0.717, 1.165) is 12.8 Å². The van der Waals surface area contributed by atoms with Gasteiger partial charge in [-0.15, -0.1) is 0 Å². The van der Waals surface area contributed by atoms with Crippen LogP contribution < -0.4 is 0 Å². The first-order valence-electron chi connectivity index (χ1n) is 8.65. The van der Waals surface area contributed by atoms with Gasteiger partial charge in [0.15, 0.2) is 0 Å². The lowest BCUT2D eigenvalue weighted by Crippen LogP contribution is -1.71. The zero-order valence-corrected chi connectivity index (χ0v) is 14.4. The van der Waals surface area contributed by atoms with Crippen LogP contribution in [0.2, 0.25) is 0 Å². The van der Waals surface area contributed by atoms with Gasteiger partial charge in [-0.25, -0.2) is 0 Å². The maximum Gasteiger partial charge on any atom is -0.0347 e. The van der Waals surface area contributed by atoms with Gasteiger partial charge in [-0.3, -0.25) is 0 Å². The van der Waals surface area contributed by atoms with Crippen LogP contribution in [0, 0.1) is 0 Å². The molecular weight excluding hydrogens is 288 g/mol. The lowest BCUT2D eigenvalue weighted by Gasteiger charge is -1.91. The van der Waals surface area contributed by atoms with E-state index in [1.54, 1.807) is 0 Å². The Hall–Kier alpha value is -2.60. The average Bonchev–Trinajstić information content (AvgIpc) is 2.59. The summed E-state index contributed by atoms with van der Waals surface area (Å²) in [5.41, 5.74) is 0. The smallest absolute Gasteiger partial charge is 0.0347 e. The van der Waals surface area contributed by atoms with Crippen molar-refractivity contribution in [2.75, 3.05) is 0 Å². The Kier molecular flexibility index (Phi) is 13.6. The fourth-order valence-corrected chi connectivity index (χ4v) is 1.90. The molecule has 0 atom stereocenters. The molecule has 0 aromatic heterocycles. The van der Waals surface area contributed by atoms with Gasteiger partial charge in [-0.1, -0.05) is 122 Å². The Bertz CT molecular complexity index is 528. The highest BCUT2D eigenvalue weighted by molar-refractivity contribution is 5.22. The summed E-state index contributed by atoms with van der Waals surface area (Å²) in [4.78, 5) is 0. The van der Waals surface area contributed by atoms with E-state index in [1.165, 1.54) is 12.8 Å². The van der Waals surface area contributed by atoms with E-state index in [1.807, 2.05) is 72.9 Å². The monoisotopic (exact) mass is 316 g/mol. The molecule has 124 valence electrons. The van der Waals surface area contributed by atoms with Crippen LogP contribution in [0.4, 0.5) is 0 Å². The molecule has 0 saturated carbocycles. The number of rotatable bonds is 0. The maximum atomic E-state index is 2.23. The first-order valence-corrected chi connectivity index (χ1v) is 8.65. The molecule has 0 heteroatoms. The summed E-state index contributed by atoms with van der Waals surface area (Å²) < 4.78 is 0. The standard InChI is InChI=1S/C24H28/c1-2-4-6-8-10-12-14-16-18-20-22-24-23-21-19-17-15-13-11-9-7-5-3-1/h1-20H,21-24H2/b3-1+,4-2+,7-5-,8-6+,11-9+,12-10-,15-13+,16-14+,19-17+,20-18?. The number of allylic oxidation sites excluding steroid dienone is 20. The van der Waals surface area contributed by atoms with Crippen molar-refractivity contribution in [3.63, 3.8) is 0 Å². The lowest BCUT2D eigenvalue weighted by atomic mass is 10.2. The van der Waals surface area contributed by atoms with Crippen molar-refractivity contribution in [1.82, 2.24) is 0 Å². The van der Waals surface area contributed by atoms with Gasteiger partial charge in [-0.2, -0.15) is 0 Å². The molecule has 1 rings (SSSR count). The van der Waals surface area contributed by atoms with Crippen LogP contribution in [0.5, 0.6) is 0 Å². The van der Waals surface area contributed by atoms with Gasteiger partial charge in [0.1, 0.15) is 0 Å². The van der Waals surface area contributed by atoms with Gasteiger partial charge >= 0.3 is 0 Å². The van der Waals surface area contributed by atoms with Crippen molar-refractivity contribution in [2.45, 2.75) is 25.7 Å². The average molecular weight is 316 g/mol. The van der Waals surface area contributed by atoms with Gasteiger partial charge in [0.05, 0.1) is 0 Å². The molecule has 0 nitrogen and oxygen atoms in total. The Labute approximate surface area is 147 Å². The second kappa shape index (κ2) is 16.8. The van der Waals surface area contributed by atoms with E-state index >= 15 is 0 Å². The molecule has 0 aromatic carbocycles. The van der Waals surface area contributed by atoms with E-state index < -0.39 is 0 Å². The summed E-state index contributed by atoms with van der Waals surface area (Å²) in [5.74, 6) is 0. The molecule has 0 saturated heterocycles. The largest absolute Gasteiger partial charge is 0.0845 e. The van der Waals surface area contributed by atoms with E-state index in [-0.39, 0.29) is 0 Å². The molecular formula is C24H28. The Morgan fingerprint density at radius 3 is 0.708 bits per heavy atom. The SMILES string of the molecule is C1=CCCCC/C=C/C=C/C=C/C=C\C=C\C=C\C=C\C=C/C=C/1. The molecule has 1 aliphatic rings. The maximum absolute atomic E-state index is 2.23. The predicted octanol–water partition coefficient (Wildman–Crippen LogP) is 7.12. The summed E-state index contributed by atoms with van der Waals surface area (Å²) in [6.07, 6.45) is 46.0. The van der Waals surface area contributed by atoms with Crippen molar-refractivity contribution < 1.29 is 0 Å². The van der Waals surface area contributed by atoms with Crippen LogP contribution in [-0.4, -0.2) is 0 Å². The number of hydrogen-bond acceptors (Lipinski definition) is 0. The fourth-order valence-electron chi connectivity index (χ4n) is 1.90. The van der Waals surface area contributed by atoms with Crippen molar-refractivity contribution in [3.8, 4) is 0 Å². The van der Waals surface area contributed by atoms with Gasteiger partial charge in [0, 0.05) is 0 Å². The highest BCUT2D eigenvalue weighted by Crippen LogP contribution is 2.02. The normalized spacial score (nSPS) is 29.3. The summed E-state index contributed by atoms with van der Waals surface area (Å²) in [6, 6.07) is 0. The fraction of sp³-hybridized carbons (Fsp3) is 0.167. The van der Waals surface area contributed by atoms with Crippen LogP contribution in [-0.2, 0) is 0 Å². The topological polar surface area (TPSA) is 0 Å². The minimum Gasteiger partial charge on any atom is -0.0845 e. The molecule has 0 bridgehead atoms. The van der Waals surface area contributed by atoms with E-state index in [4.69, 9.17) is 0 Å². The van der Waals surface area contributed by atoms with Crippen LogP contribution in [0.3, 0.4) is 0 Å². The van der Waals surface area contributed by atoms with Gasteiger partial charge in [0.25, 0.3) is 0 Å². The molecule has 0 radical (unpaired) electrons. The van der Waals surface area contributed by atoms with Gasteiger partial charge < -0.3 is 0 Å². The highest BCUT2D eigenvalue weighted by Gasteiger charge is 1.82. The number of hydrogen-bond donors (Lipinski definition) is 0. The Balaban J connectivity index is 2.54. The summed E-state index contributed by atoms with van der Waals surface area (Å²) >= 11 is 0. The molecule has 0 aliphatic heterocycles. The molecule has 0 unspecified atom stereocenters. The van der Waals surface area contributed by atoms with Crippen LogP contribution in [0.1, 0.15) is 25.7 Å². The highest BCUT2D eigenvalue weighted by atomic mass is 13.9. The first-order chi connectivity index (χ1) is 12.0. The molecule has 0 heterocycles. The zero-order chi connectivity index (χ0) is 17.0. The Morgan fingerprint density at radius 1 is 0.250 bits per heavy atom. The van der Waals surface area contributed by atoms with Crippen LogP contribution >= 0.6 is 0 Å². The predicted molar refractivity (Wildman–Crippen MR) is 110 cm³/mol. The summed E-state index contributed by atoms with van der Waals surface area (Å²) in [7, 11) is 0. The van der Waals surface area contributed by atoms with Crippen molar-refractivity contribution >= 4 is 0 Å². The molecule has 0 aromatic rings.